The molecule has 5 rings (SSSR count). The topological polar surface area (TPSA) is 135 Å². The minimum Gasteiger partial charge on any atom is -0.285 e. The van der Waals surface area contributed by atoms with Crippen LogP contribution in [0.3, 0.4) is 0 Å². The molecule has 194 valence electrons. The highest BCUT2D eigenvalue weighted by Gasteiger charge is 2.19. The van der Waals surface area contributed by atoms with Crippen LogP contribution in [0.1, 0.15) is 22.3 Å². The number of aromatic nitrogens is 2. The molecule has 0 fully saturated rings. The van der Waals surface area contributed by atoms with Crippen LogP contribution in [0, 0.1) is 13.8 Å². The fourth-order valence-corrected chi connectivity index (χ4v) is 5.76. The summed E-state index contributed by atoms with van der Waals surface area (Å²) in [5, 5.41) is 0.912. The SMILES string of the molecule is Cc1ccc(-c2cc(CS(=O)(=O)O)c3ccc4c(CS(=O)(=O)O)cc(-c5ccc(C)cc5)nc4c3n2)cc1. The van der Waals surface area contributed by atoms with Crippen molar-refractivity contribution in [3.05, 3.63) is 95.1 Å². The quantitative estimate of drug-likeness (QED) is 0.210. The van der Waals surface area contributed by atoms with Crippen molar-refractivity contribution in [3.8, 4) is 22.5 Å². The number of fused-ring (bicyclic) bond motifs is 3. The number of rotatable bonds is 6. The number of hydrogen-bond donors (Lipinski definition) is 2. The van der Waals surface area contributed by atoms with Crippen molar-refractivity contribution in [2.24, 2.45) is 0 Å². The summed E-state index contributed by atoms with van der Waals surface area (Å²) in [7, 11) is -8.75. The maximum Gasteiger partial charge on any atom is 0.269 e. The van der Waals surface area contributed by atoms with Crippen LogP contribution in [0.2, 0.25) is 0 Å². The van der Waals surface area contributed by atoms with Gasteiger partial charge in [-0.15, -0.1) is 0 Å². The number of hydrogen-bond acceptors (Lipinski definition) is 6. The second kappa shape index (κ2) is 9.55. The maximum absolute atomic E-state index is 11.9. The van der Waals surface area contributed by atoms with Gasteiger partial charge in [0, 0.05) is 21.9 Å². The van der Waals surface area contributed by atoms with E-state index in [-0.39, 0.29) is 0 Å². The van der Waals surface area contributed by atoms with Crippen molar-refractivity contribution in [2.45, 2.75) is 25.4 Å². The van der Waals surface area contributed by atoms with Crippen LogP contribution in [0.5, 0.6) is 0 Å². The molecule has 0 bridgehead atoms. The predicted molar refractivity (Wildman–Crippen MR) is 148 cm³/mol. The Morgan fingerprint density at radius 3 is 1.24 bits per heavy atom. The van der Waals surface area contributed by atoms with Gasteiger partial charge in [-0.05, 0) is 37.1 Å². The van der Waals surface area contributed by atoms with E-state index in [0.29, 0.717) is 44.3 Å². The molecule has 2 aromatic heterocycles. The van der Waals surface area contributed by atoms with E-state index in [0.717, 1.165) is 22.3 Å². The van der Waals surface area contributed by atoms with E-state index in [1.165, 1.54) is 0 Å². The lowest BCUT2D eigenvalue weighted by molar-refractivity contribution is 0.480. The highest BCUT2D eigenvalue weighted by Crippen LogP contribution is 2.34. The van der Waals surface area contributed by atoms with Crippen molar-refractivity contribution < 1.29 is 25.9 Å². The molecule has 0 spiro atoms. The predicted octanol–water partition coefficient (Wildman–Crippen LogP) is 5.51. The molecule has 0 atom stereocenters. The molecule has 5 aromatic rings. The van der Waals surface area contributed by atoms with Crippen LogP contribution in [-0.2, 0) is 31.7 Å². The monoisotopic (exact) mass is 548 g/mol. The molecule has 2 N–H and O–H groups in total. The van der Waals surface area contributed by atoms with Crippen LogP contribution >= 0.6 is 0 Å². The minimum absolute atomic E-state index is 0.328. The van der Waals surface area contributed by atoms with Gasteiger partial charge in [-0.3, -0.25) is 9.11 Å². The summed E-state index contributed by atoms with van der Waals surface area (Å²) in [4.78, 5) is 9.66. The first kappa shape index (κ1) is 25.9. The van der Waals surface area contributed by atoms with Crippen molar-refractivity contribution >= 4 is 42.0 Å². The van der Waals surface area contributed by atoms with Gasteiger partial charge in [0.25, 0.3) is 20.2 Å². The van der Waals surface area contributed by atoms with Gasteiger partial charge in [-0.1, -0.05) is 71.8 Å². The van der Waals surface area contributed by atoms with Crippen molar-refractivity contribution in [1.82, 2.24) is 9.97 Å². The van der Waals surface area contributed by atoms with E-state index in [2.05, 4.69) is 0 Å². The lowest BCUT2D eigenvalue weighted by Crippen LogP contribution is -2.06. The third-order valence-corrected chi connectivity index (χ3v) is 7.65. The average Bonchev–Trinajstić information content (AvgIpc) is 2.83. The smallest absolute Gasteiger partial charge is 0.269 e. The van der Waals surface area contributed by atoms with E-state index in [1.54, 1.807) is 24.3 Å². The Labute approximate surface area is 220 Å². The van der Waals surface area contributed by atoms with Gasteiger partial charge in [0.1, 0.15) is 11.5 Å². The molecular formula is C28H24N2O6S2. The van der Waals surface area contributed by atoms with Gasteiger partial charge in [-0.2, -0.15) is 16.8 Å². The van der Waals surface area contributed by atoms with Gasteiger partial charge in [0.2, 0.25) is 0 Å². The minimum atomic E-state index is -4.38. The normalized spacial score (nSPS) is 12.3. The van der Waals surface area contributed by atoms with Gasteiger partial charge < -0.3 is 0 Å². The average molecular weight is 549 g/mol. The summed E-state index contributed by atoms with van der Waals surface area (Å²) < 4.78 is 67.0. The summed E-state index contributed by atoms with van der Waals surface area (Å²) in [6, 6.07) is 21.6. The first-order chi connectivity index (χ1) is 17.9. The molecule has 3 aromatic carbocycles. The summed E-state index contributed by atoms with van der Waals surface area (Å²) >= 11 is 0. The molecule has 8 nitrogen and oxygen atoms in total. The van der Waals surface area contributed by atoms with E-state index in [1.807, 2.05) is 62.4 Å². The molecule has 0 aliphatic rings. The zero-order valence-electron chi connectivity index (χ0n) is 20.6. The molecule has 0 unspecified atom stereocenters. The zero-order chi connectivity index (χ0) is 27.2. The molecule has 10 heteroatoms. The van der Waals surface area contributed by atoms with E-state index >= 15 is 0 Å². The fraction of sp³-hybridized carbons (Fsp3) is 0.143. The number of nitrogens with zero attached hydrogens (tertiary/aromatic N) is 2. The highest BCUT2D eigenvalue weighted by molar-refractivity contribution is 7.85. The van der Waals surface area contributed by atoms with E-state index in [9.17, 15) is 25.9 Å². The second-order valence-electron chi connectivity index (χ2n) is 9.38. The lowest BCUT2D eigenvalue weighted by Gasteiger charge is -2.14. The Hall–Kier alpha value is -3.70. The van der Waals surface area contributed by atoms with Gasteiger partial charge in [-0.25, -0.2) is 9.97 Å². The third-order valence-electron chi connectivity index (χ3n) is 6.30. The van der Waals surface area contributed by atoms with Gasteiger partial charge >= 0.3 is 0 Å². The Kier molecular flexibility index (Phi) is 6.52. The van der Waals surface area contributed by atoms with E-state index in [4.69, 9.17) is 9.97 Å². The van der Waals surface area contributed by atoms with Crippen LogP contribution in [0.25, 0.3) is 44.3 Å². The van der Waals surface area contributed by atoms with Crippen LogP contribution < -0.4 is 0 Å². The molecule has 0 saturated carbocycles. The van der Waals surface area contributed by atoms with Crippen LogP contribution in [-0.4, -0.2) is 35.9 Å². The van der Waals surface area contributed by atoms with Gasteiger partial charge in [0.15, 0.2) is 0 Å². The largest absolute Gasteiger partial charge is 0.285 e. The zero-order valence-corrected chi connectivity index (χ0v) is 22.2. The van der Waals surface area contributed by atoms with E-state index < -0.39 is 31.7 Å². The summed E-state index contributed by atoms with van der Waals surface area (Å²) in [6.07, 6.45) is 0. The second-order valence-corrected chi connectivity index (χ2v) is 12.3. The summed E-state index contributed by atoms with van der Waals surface area (Å²) in [5.74, 6) is -1.27. The summed E-state index contributed by atoms with van der Waals surface area (Å²) in [6.45, 7) is 3.89. The Morgan fingerprint density at radius 2 is 0.921 bits per heavy atom. The lowest BCUT2D eigenvalue weighted by atomic mass is 9.99. The molecule has 38 heavy (non-hydrogen) atoms. The molecule has 0 saturated heterocycles. The molecule has 0 radical (unpaired) electrons. The number of benzene rings is 3. The van der Waals surface area contributed by atoms with Crippen molar-refractivity contribution in [3.63, 3.8) is 0 Å². The molecule has 0 aliphatic heterocycles. The Bertz CT molecular complexity index is 1780. The van der Waals surface area contributed by atoms with Crippen molar-refractivity contribution in [1.29, 1.82) is 0 Å². The standard InChI is InChI=1S/C28H24N2O6S2/c1-17-3-7-19(8-4-17)25-13-21(15-37(31,32)33)23-11-12-24-22(16-38(34,35)36)14-26(30-28(24)27(23)29-25)20-9-5-18(2)6-10-20/h3-14H,15-16H2,1-2H3,(H,31,32,33)(H,34,35,36). The number of pyridine rings is 2. The number of aryl methyl sites for hydroxylation is 2. The maximum atomic E-state index is 11.9. The molecule has 0 aliphatic carbocycles. The first-order valence-corrected chi connectivity index (χ1v) is 14.9. The Balaban J connectivity index is 1.88. The van der Waals surface area contributed by atoms with Gasteiger partial charge in [0.05, 0.1) is 22.4 Å². The van der Waals surface area contributed by atoms with Crippen LogP contribution in [0.4, 0.5) is 0 Å². The molecular weight excluding hydrogens is 524 g/mol. The van der Waals surface area contributed by atoms with Crippen LogP contribution in [0.15, 0.2) is 72.8 Å². The molecule has 0 amide bonds. The Morgan fingerprint density at radius 1 is 0.579 bits per heavy atom. The highest BCUT2D eigenvalue weighted by atomic mass is 32.2. The fourth-order valence-electron chi connectivity index (χ4n) is 4.49. The summed E-state index contributed by atoms with van der Waals surface area (Å²) in [5.41, 5.74) is 5.86. The van der Waals surface area contributed by atoms with Crippen molar-refractivity contribution in [2.75, 3.05) is 0 Å². The first-order valence-electron chi connectivity index (χ1n) is 11.7. The molecule has 2 heterocycles. The third kappa shape index (κ3) is 5.58.